The molecule has 0 saturated carbocycles. The van der Waals surface area contributed by atoms with Crippen molar-refractivity contribution in [2.75, 3.05) is 38.4 Å². The monoisotopic (exact) mass is 836 g/mol. The Balaban J connectivity index is 1.81. The van der Waals surface area contributed by atoms with Crippen molar-refractivity contribution in [3.8, 4) is 0 Å². The number of β-lactam (4-membered cyclic amide) rings is 1. The van der Waals surface area contributed by atoms with E-state index in [1.54, 1.807) is 41.5 Å². The second-order valence-electron chi connectivity index (χ2n) is 16.5. The molecule has 0 aliphatic carbocycles. The summed E-state index contributed by atoms with van der Waals surface area (Å²) in [4.78, 5) is 75.7. The minimum atomic E-state index is -5.14. The number of cyclic esters (lactones) is 1. The lowest BCUT2D eigenvalue weighted by Crippen LogP contribution is -2.74. The summed E-state index contributed by atoms with van der Waals surface area (Å²) in [6.07, 6.45) is -2.44. The van der Waals surface area contributed by atoms with Crippen molar-refractivity contribution in [1.29, 1.82) is 0 Å². The van der Waals surface area contributed by atoms with Crippen LogP contribution in [-0.2, 0) is 53.2 Å². The number of carbonyl (C=O) groups is 5. The second kappa shape index (κ2) is 17.5. The number of thiazole rings is 1. The smallest absolute Gasteiger partial charge is 0.413 e. The number of ether oxygens (including phenoxy) is 5. The van der Waals surface area contributed by atoms with Crippen LogP contribution in [0.5, 0.6) is 0 Å². The van der Waals surface area contributed by atoms with Crippen LogP contribution in [0.25, 0.3) is 0 Å². The Morgan fingerprint density at radius 2 is 1.69 bits per heavy atom. The number of esters is 1. The first-order valence-electron chi connectivity index (χ1n) is 17.2. The lowest BCUT2D eigenvalue weighted by Gasteiger charge is -2.45. The van der Waals surface area contributed by atoms with Gasteiger partial charge in [-0.15, -0.1) is 11.3 Å². The molecule has 55 heavy (non-hydrogen) atoms. The van der Waals surface area contributed by atoms with Gasteiger partial charge < -0.3 is 38.7 Å². The third-order valence-corrected chi connectivity index (χ3v) is 10.8. The fraction of sp³-hybridized carbons (Fsp3) is 0.719. The third kappa shape index (κ3) is 14.0. The number of amides is 4. The van der Waals surface area contributed by atoms with Gasteiger partial charge in [-0.2, -0.15) is 8.42 Å². The predicted molar refractivity (Wildman–Crippen MR) is 200 cm³/mol. The predicted octanol–water partition coefficient (Wildman–Crippen LogP) is 2.98. The molecule has 2 fully saturated rings. The summed E-state index contributed by atoms with van der Waals surface area (Å²) in [5, 5.41) is 9.99. The first-order valence-corrected chi connectivity index (χ1v) is 23.2. The maximum Gasteiger partial charge on any atom is 0.413 e. The van der Waals surface area contributed by atoms with Crippen molar-refractivity contribution in [3.63, 3.8) is 0 Å². The van der Waals surface area contributed by atoms with Gasteiger partial charge >= 0.3 is 28.5 Å². The van der Waals surface area contributed by atoms with Crippen LogP contribution in [0, 0.1) is 0 Å². The highest BCUT2D eigenvalue weighted by molar-refractivity contribution is 7.84. The number of carbonyl (C=O) groups excluding carboxylic acids is 5. The molecular weight excluding hydrogens is 785 g/mol. The minimum Gasteiger partial charge on any atom is -0.457 e. The molecule has 1 aromatic rings. The van der Waals surface area contributed by atoms with E-state index in [4.69, 9.17) is 28.5 Å². The van der Waals surface area contributed by atoms with Crippen molar-refractivity contribution in [2.24, 2.45) is 5.16 Å². The van der Waals surface area contributed by atoms with Crippen LogP contribution in [0.3, 0.4) is 0 Å². The standard InChI is InChI=1S/C32H52N6O14S2Si/c1-30(2,3)50-26(41)32(7,8)52-36-22(20-17-53-27(33-20)35-28(42)51-31(4,5)6)24(39)34-23-21(38(25(23)40)54(44,45)46)15-37-14-19(49-29(37)43)16-48-18-47-12-13-55(9,10)11/h17,19,21,23H,12-16,18H2,1-11H3,(H,34,39)(H,33,35,42)(H,44,45,46)/b36-22-/t19-,21+,23-/m0/s1. The van der Waals surface area contributed by atoms with Gasteiger partial charge in [-0.25, -0.2) is 23.7 Å². The fourth-order valence-electron chi connectivity index (χ4n) is 4.70. The molecule has 3 atom stereocenters. The molecule has 1 aromatic heterocycles. The van der Waals surface area contributed by atoms with Crippen LogP contribution in [0.15, 0.2) is 10.5 Å². The van der Waals surface area contributed by atoms with E-state index in [1.165, 1.54) is 19.2 Å². The summed E-state index contributed by atoms with van der Waals surface area (Å²) in [7, 11) is -6.44. The van der Waals surface area contributed by atoms with Gasteiger partial charge in [0.05, 0.1) is 19.2 Å². The van der Waals surface area contributed by atoms with Gasteiger partial charge in [0.25, 0.3) is 11.8 Å². The summed E-state index contributed by atoms with van der Waals surface area (Å²) in [6.45, 7) is 19.1. The van der Waals surface area contributed by atoms with E-state index < -0.39 is 95.6 Å². The van der Waals surface area contributed by atoms with E-state index in [2.05, 4.69) is 40.4 Å². The van der Waals surface area contributed by atoms with Crippen LogP contribution >= 0.6 is 11.3 Å². The Bertz CT molecular complexity index is 1730. The van der Waals surface area contributed by atoms with Gasteiger partial charge in [0.1, 0.15) is 35.8 Å². The molecule has 0 unspecified atom stereocenters. The minimum absolute atomic E-state index is 0.0180. The van der Waals surface area contributed by atoms with Crippen LogP contribution in [0.4, 0.5) is 14.7 Å². The molecule has 23 heteroatoms. The molecule has 3 heterocycles. The summed E-state index contributed by atoms with van der Waals surface area (Å²) in [6, 6.07) is -2.16. The molecule has 0 spiro atoms. The van der Waals surface area contributed by atoms with Crippen molar-refractivity contribution < 1.29 is 65.5 Å². The molecule has 2 saturated heterocycles. The average Bonchev–Trinajstić information content (AvgIpc) is 3.59. The van der Waals surface area contributed by atoms with Gasteiger partial charge in [0.15, 0.2) is 10.8 Å². The van der Waals surface area contributed by atoms with Crippen LogP contribution in [0.2, 0.25) is 25.7 Å². The van der Waals surface area contributed by atoms with Crippen molar-refractivity contribution in [2.45, 2.75) is 116 Å². The first-order chi connectivity index (χ1) is 25.1. The molecule has 2 aliphatic heterocycles. The molecule has 3 N–H and O–H groups in total. The number of hydrogen-bond donors (Lipinski definition) is 3. The topological polar surface area (TPSA) is 251 Å². The Kier molecular flexibility index (Phi) is 14.5. The van der Waals surface area contributed by atoms with Gasteiger partial charge in [-0.1, -0.05) is 24.8 Å². The number of anilines is 1. The zero-order valence-corrected chi connectivity index (χ0v) is 35.5. The van der Waals surface area contributed by atoms with Gasteiger partial charge in [0, 0.05) is 26.6 Å². The molecule has 310 valence electrons. The van der Waals surface area contributed by atoms with Gasteiger partial charge in [-0.3, -0.25) is 19.5 Å². The lowest BCUT2D eigenvalue weighted by molar-refractivity contribution is -0.179. The number of nitrogens with one attached hydrogen (secondary N) is 2. The lowest BCUT2D eigenvalue weighted by atomic mass is 9.97. The highest BCUT2D eigenvalue weighted by Crippen LogP contribution is 2.27. The van der Waals surface area contributed by atoms with Gasteiger partial charge in [0.2, 0.25) is 5.60 Å². The molecule has 0 aromatic carbocycles. The highest BCUT2D eigenvalue weighted by Gasteiger charge is 2.56. The van der Waals surface area contributed by atoms with Crippen LogP contribution in [0.1, 0.15) is 61.1 Å². The second-order valence-corrected chi connectivity index (χ2v) is 24.2. The maximum atomic E-state index is 13.8. The SMILES string of the molecule is CC(C)(C)OC(=O)Nc1nc(/C(=N/OC(C)(C)C(=O)OC(C)(C)C)C(=O)N[C@@H]2C(=O)N(S(=O)(=O)O)[C@@H]2CN2C[C@@H](COCOCC[Si](C)(C)C)OC2=O)cs1. The molecule has 20 nitrogen and oxygen atoms in total. The number of aromatic nitrogens is 1. The zero-order valence-electron chi connectivity index (χ0n) is 32.9. The van der Waals surface area contributed by atoms with E-state index in [0.29, 0.717) is 6.61 Å². The van der Waals surface area contributed by atoms with E-state index in [9.17, 15) is 36.9 Å². The molecule has 0 bridgehead atoms. The number of rotatable bonds is 17. The normalized spacial score (nSPS) is 19.8. The Labute approximate surface area is 325 Å². The highest BCUT2D eigenvalue weighted by atomic mass is 32.2. The third-order valence-electron chi connectivity index (χ3n) is 7.35. The molecular formula is C32H52N6O14S2Si. The summed E-state index contributed by atoms with van der Waals surface area (Å²) >= 11 is 0.879. The van der Waals surface area contributed by atoms with Gasteiger partial charge in [-0.05, 0) is 61.4 Å². The van der Waals surface area contributed by atoms with Crippen molar-refractivity contribution >= 4 is 70.5 Å². The molecule has 0 radical (unpaired) electrons. The van der Waals surface area contributed by atoms with E-state index in [-0.39, 0.29) is 35.1 Å². The number of oxime groups is 1. The van der Waals surface area contributed by atoms with E-state index >= 15 is 0 Å². The zero-order chi connectivity index (χ0) is 41.7. The number of nitrogens with zero attached hydrogens (tertiary/aromatic N) is 4. The maximum absolute atomic E-state index is 13.8. The Hall–Kier alpha value is -3.90. The van der Waals surface area contributed by atoms with Crippen molar-refractivity contribution in [1.82, 2.24) is 19.5 Å². The Morgan fingerprint density at radius 1 is 1.05 bits per heavy atom. The summed E-state index contributed by atoms with van der Waals surface area (Å²) < 4.78 is 61.4. The van der Waals surface area contributed by atoms with E-state index in [0.717, 1.165) is 22.3 Å². The summed E-state index contributed by atoms with van der Waals surface area (Å²) in [5.74, 6) is -3.18. The molecule has 2 aliphatic rings. The largest absolute Gasteiger partial charge is 0.457 e. The fourth-order valence-corrected chi connectivity index (χ4v) is 7.00. The van der Waals surface area contributed by atoms with Crippen molar-refractivity contribution in [3.05, 3.63) is 11.1 Å². The van der Waals surface area contributed by atoms with Crippen LogP contribution < -0.4 is 10.6 Å². The van der Waals surface area contributed by atoms with E-state index in [1.807, 2.05) is 0 Å². The quantitative estimate of drug-likeness (QED) is 0.0235. The average molecular weight is 837 g/mol. The summed E-state index contributed by atoms with van der Waals surface area (Å²) in [5.41, 5.74) is -4.25. The molecule has 4 amide bonds. The molecule has 3 rings (SSSR count). The number of hydrogen-bond acceptors (Lipinski definition) is 16. The Morgan fingerprint density at radius 3 is 2.27 bits per heavy atom. The van der Waals surface area contributed by atoms with Crippen LogP contribution in [-0.4, -0.2) is 139 Å². The first kappa shape index (κ1) is 45.5.